The number of aliphatic hydroxyl groups excluding tert-OH is 1. The fourth-order valence-electron chi connectivity index (χ4n) is 2.23. The molecular formula is C14H20N2O2. The van der Waals surface area contributed by atoms with E-state index in [-0.39, 0.29) is 12.5 Å². The van der Waals surface area contributed by atoms with Gasteiger partial charge >= 0.3 is 0 Å². The van der Waals surface area contributed by atoms with Crippen LogP contribution in [-0.4, -0.2) is 35.1 Å². The summed E-state index contributed by atoms with van der Waals surface area (Å²) in [5.74, 6) is -0.00292. The van der Waals surface area contributed by atoms with Crippen molar-refractivity contribution >= 4 is 11.6 Å². The molecule has 0 bridgehead atoms. The van der Waals surface area contributed by atoms with Crippen LogP contribution in [0, 0.1) is 6.92 Å². The van der Waals surface area contributed by atoms with Gasteiger partial charge in [0.1, 0.15) is 0 Å². The summed E-state index contributed by atoms with van der Waals surface area (Å²) in [4.78, 5) is 14.2. The predicted molar refractivity (Wildman–Crippen MR) is 71.4 cm³/mol. The van der Waals surface area contributed by atoms with Crippen LogP contribution in [0.15, 0.2) is 18.2 Å². The van der Waals surface area contributed by atoms with Crippen LogP contribution in [0.4, 0.5) is 5.69 Å². The van der Waals surface area contributed by atoms with Crippen molar-refractivity contribution in [2.45, 2.75) is 32.2 Å². The van der Waals surface area contributed by atoms with E-state index in [4.69, 9.17) is 10.8 Å². The number of nitrogens with two attached hydrogens (primary N) is 1. The fraction of sp³-hybridized carbons (Fsp3) is 0.500. The van der Waals surface area contributed by atoms with Gasteiger partial charge in [0.25, 0.3) is 5.91 Å². The van der Waals surface area contributed by atoms with Gasteiger partial charge in [-0.3, -0.25) is 4.79 Å². The summed E-state index contributed by atoms with van der Waals surface area (Å²) in [5.41, 5.74) is 8.02. The molecule has 0 atom stereocenters. The van der Waals surface area contributed by atoms with E-state index >= 15 is 0 Å². The number of amides is 1. The van der Waals surface area contributed by atoms with E-state index in [0.29, 0.717) is 23.8 Å². The van der Waals surface area contributed by atoms with Gasteiger partial charge in [-0.25, -0.2) is 0 Å². The molecule has 3 N–H and O–H groups in total. The average Bonchev–Trinajstić information content (AvgIpc) is 2.29. The second-order valence-corrected chi connectivity index (χ2v) is 4.88. The molecule has 1 fully saturated rings. The first-order valence-electron chi connectivity index (χ1n) is 6.41. The van der Waals surface area contributed by atoms with Gasteiger partial charge in [0.05, 0.1) is 6.61 Å². The third-order valence-corrected chi connectivity index (χ3v) is 3.63. The molecule has 1 aromatic carbocycles. The van der Waals surface area contributed by atoms with Crippen molar-refractivity contribution < 1.29 is 9.90 Å². The normalized spacial score (nSPS) is 15.2. The lowest BCUT2D eigenvalue weighted by atomic mass is 9.91. The van der Waals surface area contributed by atoms with Crippen LogP contribution in [0.1, 0.15) is 35.2 Å². The Kier molecular flexibility index (Phi) is 3.87. The van der Waals surface area contributed by atoms with Crippen molar-refractivity contribution in [3.63, 3.8) is 0 Å². The van der Waals surface area contributed by atoms with Crippen LogP contribution >= 0.6 is 0 Å². The quantitative estimate of drug-likeness (QED) is 0.795. The SMILES string of the molecule is Cc1cc(C(=O)N(CCO)C2CCC2)ccc1N. The fourth-order valence-corrected chi connectivity index (χ4v) is 2.23. The van der Waals surface area contributed by atoms with E-state index in [1.807, 2.05) is 13.0 Å². The summed E-state index contributed by atoms with van der Waals surface area (Å²) < 4.78 is 0. The molecule has 4 nitrogen and oxygen atoms in total. The first-order valence-corrected chi connectivity index (χ1v) is 6.41. The zero-order valence-corrected chi connectivity index (χ0v) is 10.7. The van der Waals surface area contributed by atoms with Gasteiger partial charge in [0, 0.05) is 23.8 Å². The lowest BCUT2D eigenvalue weighted by molar-refractivity contribution is 0.0526. The molecule has 1 amide bonds. The lowest BCUT2D eigenvalue weighted by Crippen LogP contribution is -2.45. The summed E-state index contributed by atoms with van der Waals surface area (Å²) in [6.07, 6.45) is 3.25. The second kappa shape index (κ2) is 5.40. The second-order valence-electron chi connectivity index (χ2n) is 4.88. The van der Waals surface area contributed by atoms with Gasteiger partial charge in [-0.2, -0.15) is 0 Å². The van der Waals surface area contributed by atoms with Gasteiger partial charge < -0.3 is 15.7 Å². The molecule has 0 radical (unpaired) electrons. The summed E-state index contributed by atoms with van der Waals surface area (Å²) in [7, 11) is 0. The standard InChI is InChI=1S/C14H20N2O2/c1-10-9-11(5-6-13(10)15)14(18)16(7-8-17)12-3-2-4-12/h5-6,9,12,17H,2-4,7-8,15H2,1H3. The average molecular weight is 248 g/mol. The summed E-state index contributed by atoms with van der Waals surface area (Å²) in [5, 5.41) is 9.09. The van der Waals surface area contributed by atoms with Gasteiger partial charge in [-0.15, -0.1) is 0 Å². The summed E-state index contributed by atoms with van der Waals surface area (Å²) in [6, 6.07) is 5.64. The molecule has 0 heterocycles. The molecule has 1 aliphatic rings. The number of rotatable bonds is 4. The Labute approximate surface area is 107 Å². The first kappa shape index (κ1) is 12.9. The third kappa shape index (κ3) is 2.48. The Morgan fingerprint density at radius 2 is 2.22 bits per heavy atom. The topological polar surface area (TPSA) is 66.6 Å². The number of aryl methyl sites for hydroxylation is 1. The van der Waals surface area contributed by atoms with Crippen molar-refractivity contribution in [1.29, 1.82) is 0 Å². The maximum Gasteiger partial charge on any atom is 0.254 e. The summed E-state index contributed by atoms with van der Waals surface area (Å²) in [6.45, 7) is 2.31. The molecular weight excluding hydrogens is 228 g/mol. The molecule has 2 rings (SSSR count). The van der Waals surface area contributed by atoms with Crippen LogP contribution in [0.5, 0.6) is 0 Å². The van der Waals surface area contributed by atoms with E-state index in [2.05, 4.69) is 0 Å². The minimum atomic E-state index is -0.00292. The molecule has 1 aromatic rings. The smallest absolute Gasteiger partial charge is 0.254 e. The van der Waals surface area contributed by atoms with Gasteiger partial charge in [-0.05, 0) is 49.9 Å². The Morgan fingerprint density at radius 3 is 2.72 bits per heavy atom. The maximum absolute atomic E-state index is 12.4. The molecule has 98 valence electrons. The molecule has 0 aliphatic heterocycles. The number of carbonyl (C=O) groups is 1. The lowest BCUT2D eigenvalue weighted by Gasteiger charge is -2.37. The van der Waals surface area contributed by atoms with Crippen molar-refractivity contribution in [2.75, 3.05) is 18.9 Å². The van der Waals surface area contributed by atoms with Gasteiger partial charge in [0.2, 0.25) is 0 Å². The van der Waals surface area contributed by atoms with Crippen LogP contribution in [0.25, 0.3) is 0 Å². The Morgan fingerprint density at radius 1 is 1.50 bits per heavy atom. The van der Waals surface area contributed by atoms with Crippen molar-refractivity contribution in [1.82, 2.24) is 4.90 Å². The highest BCUT2D eigenvalue weighted by molar-refractivity contribution is 5.95. The number of hydrogen-bond acceptors (Lipinski definition) is 3. The minimum Gasteiger partial charge on any atom is -0.399 e. The zero-order chi connectivity index (χ0) is 13.1. The van der Waals surface area contributed by atoms with Crippen LogP contribution in [0.2, 0.25) is 0 Å². The summed E-state index contributed by atoms with van der Waals surface area (Å²) >= 11 is 0. The van der Waals surface area contributed by atoms with E-state index in [0.717, 1.165) is 18.4 Å². The zero-order valence-electron chi connectivity index (χ0n) is 10.7. The number of aliphatic hydroxyl groups is 1. The number of benzene rings is 1. The monoisotopic (exact) mass is 248 g/mol. The Balaban J connectivity index is 2.18. The van der Waals surface area contributed by atoms with Crippen molar-refractivity contribution in [2.24, 2.45) is 0 Å². The molecule has 1 saturated carbocycles. The van der Waals surface area contributed by atoms with Crippen LogP contribution in [-0.2, 0) is 0 Å². The highest BCUT2D eigenvalue weighted by Crippen LogP contribution is 2.26. The Bertz CT molecular complexity index is 441. The predicted octanol–water partition coefficient (Wildman–Crippen LogP) is 1.56. The number of anilines is 1. The largest absolute Gasteiger partial charge is 0.399 e. The van der Waals surface area contributed by atoms with Crippen LogP contribution in [0.3, 0.4) is 0 Å². The molecule has 1 aliphatic carbocycles. The highest BCUT2D eigenvalue weighted by Gasteiger charge is 2.28. The number of hydrogen-bond donors (Lipinski definition) is 2. The van der Waals surface area contributed by atoms with Gasteiger partial charge in [-0.1, -0.05) is 0 Å². The highest BCUT2D eigenvalue weighted by atomic mass is 16.3. The third-order valence-electron chi connectivity index (χ3n) is 3.63. The molecule has 4 heteroatoms. The van der Waals surface area contributed by atoms with E-state index in [9.17, 15) is 4.79 Å². The maximum atomic E-state index is 12.4. The van der Waals surface area contributed by atoms with E-state index in [1.165, 1.54) is 6.42 Å². The molecule has 0 spiro atoms. The van der Waals surface area contributed by atoms with Crippen molar-refractivity contribution in [3.8, 4) is 0 Å². The molecule has 0 saturated heterocycles. The van der Waals surface area contributed by atoms with E-state index in [1.54, 1.807) is 17.0 Å². The Hall–Kier alpha value is -1.55. The van der Waals surface area contributed by atoms with E-state index < -0.39 is 0 Å². The number of carbonyl (C=O) groups excluding carboxylic acids is 1. The molecule has 0 aromatic heterocycles. The molecule has 0 unspecified atom stereocenters. The minimum absolute atomic E-state index is 0.00292. The van der Waals surface area contributed by atoms with Crippen molar-refractivity contribution in [3.05, 3.63) is 29.3 Å². The first-order chi connectivity index (χ1) is 8.63. The van der Waals surface area contributed by atoms with Gasteiger partial charge in [0.15, 0.2) is 0 Å². The van der Waals surface area contributed by atoms with Crippen LogP contribution < -0.4 is 5.73 Å². The number of nitrogens with zero attached hydrogens (tertiary/aromatic N) is 1. The molecule has 18 heavy (non-hydrogen) atoms. The number of nitrogen functional groups attached to an aromatic ring is 1.